The number of ether oxygens (including phenoxy) is 2. The number of likely N-dealkylation sites (tertiary alicyclic amines) is 1. The first kappa shape index (κ1) is 23.1. The van der Waals surface area contributed by atoms with E-state index < -0.39 is 12.0 Å². The van der Waals surface area contributed by atoms with Crippen LogP contribution in [0.5, 0.6) is 5.75 Å². The Labute approximate surface area is 204 Å². The van der Waals surface area contributed by atoms with Gasteiger partial charge in [0, 0.05) is 24.0 Å². The van der Waals surface area contributed by atoms with Crippen LogP contribution in [-0.2, 0) is 4.74 Å². The number of hydrogen-bond acceptors (Lipinski definition) is 5. The number of nitrogens with zero attached hydrogens (tertiary/aromatic N) is 1. The Kier molecular flexibility index (Phi) is 6.81. The van der Waals surface area contributed by atoms with Gasteiger partial charge in [0.2, 0.25) is 0 Å². The third-order valence-electron chi connectivity index (χ3n) is 6.32. The smallest absolute Gasteiger partial charge is 0.265 e. The number of amides is 1. The van der Waals surface area contributed by atoms with E-state index >= 15 is 0 Å². The summed E-state index contributed by atoms with van der Waals surface area (Å²) in [6, 6.07) is 28.3. The molecule has 0 aliphatic carbocycles. The number of carbonyl (C=O) groups excluding carboxylic acids is 1. The fourth-order valence-electron chi connectivity index (χ4n) is 4.54. The first-order chi connectivity index (χ1) is 17.1. The number of nitrogens with one attached hydrogen (secondary N) is 1. The Balaban J connectivity index is 1.13. The second-order valence-corrected chi connectivity index (χ2v) is 8.86. The topological polar surface area (TPSA) is 101 Å². The highest BCUT2D eigenvalue weighted by molar-refractivity contribution is 5.98. The van der Waals surface area contributed by atoms with Crippen molar-refractivity contribution in [3.05, 3.63) is 102 Å². The average molecular weight is 472 g/mol. The highest BCUT2D eigenvalue weighted by Gasteiger charge is 2.34. The van der Waals surface area contributed by atoms with Crippen molar-refractivity contribution in [3.63, 3.8) is 0 Å². The molecule has 4 N–H and O–H groups in total. The van der Waals surface area contributed by atoms with Gasteiger partial charge in [0.1, 0.15) is 24.2 Å². The molecule has 0 spiro atoms. The third-order valence-corrected chi connectivity index (χ3v) is 6.32. The molecule has 0 saturated carbocycles. The Morgan fingerprint density at radius 2 is 1.63 bits per heavy atom. The predicted octanol–water partition coefficient (Wildman–Crippen LogP) is 3.50. The summed E-state index contributed by atoms with van der Waals surface area (Å²) < 4.78 is 11.8. The molecule has 1 aliphatic heterocycles. The first-order valence-electron chi connectivity index (χ1n) is 11.8. The molecule has 1 amide bonds. The summed E-state index contributed by atoms with van der Waals surface area (Å²) in [7, 11) is 0. The molecule has 1 fully saturated rings. The lowest BCUT2D eigenvalue weighted by molar-refractivity contribution is -0.0944. The summed E-state index contributed by atoms with van der Waals surface area (Å²) in [6.45, 7) is 1.86. The normalized spacial score (nSPS) is 15.3. The van der Waals surface area contributed by atoms with Crippen LogP contribution in [0.4, 0.5) is 0 Å². The van der Waals surface area contributed by atoms with Gasteiger partial charge in [0.05, 0.1) is 18.8 Å². The van der Waals surface area contributed by atoms with E-state index in [4.69, 9.17) is 15.2 Å². The Morgan fingerprint density at radius 3 is 2.26 bits per heavy atom. The molecule has 7 heteroatoms. The van der Waals surface area contributed by atoms with Crippen molar-refractivity contribution in [1.82, 2.24) is 9.88 Å². The number of rotatable bonds is 10. The summed E-state index contributed by atoms with van der Waals surface area (Å²) in [5.41, 5.74) is 8.94. The van der Waals surface area contributed by atoms with Gasteiger partial charge in [-0.15, -0.1) is 0 Å². The highest BCUT2D eigenvalue weighted by Crippen LogP contribution is 2.33. The Hall–Kier alpha value is -3.65. The monoisotopic (exact) mass is 471 g/mol. The summed E-state index contributed by atoms with van der Waals surface area (Å²) in [4.78, 5) is 16.8. The molecule has 0 bridgehead atoms. The molecule has 5 rings (SSSR count). The van der Waals surface area contributed by atoms with Gasteiger partial charge < -0.3 is 25.3 Å². The van der Waals surface area contributed by atoms with Crippen LogP contribution in [0.2, 0.25) is 0 Å². The van der Waals surface area contributed by atoms with E-state index in [1.54, 1.807) is 12.1 Å². The van der Waals surface area contributed by atoms with Gasteiger partial charge in [-0.2, -0.15) is 0 Å². The molecular formula is C28H29N3O4. The van der Waals surface area contributed by atoms with Crippen molar-refractivity contribution in [1.29, 1.82) is 0 Å². The molecule has 1 saturated heterocycles. The predicted molar refractivity (Wildman–Crippen MR) is 134 cm³/mol. The number of benzene rings is 3. The number of primary amides is 1. The van der Waals surface area contributed by atoms with Crippen molar-refractivity contribution in [2.24, 2.45) is 5.73 Å². The summed E-state index contributed by atoms with van der Waals surface area (Å²) in [5, 5.41) is 11.2. The lowest BCUT2D eigenvalue weighted by Gasteiger charge is -2.44. The number of carbonyl (C=O) groups is 1. The Bertz CT molecular complexity index is 1230. The lowest BCUT2D eigenvalue weighted by atomic mass is 9.94. The zero-order valence-electron chi connectivity index (χ0n) is 19.3. The number of fused-ring (bicyclic) bond motifs is 1. The van der Waals surface area contributed by atoms with Gasteiger partial charge >= 0.3 is 0 Å². The molecule has 1 aliphatic rings. The maximum atomic E-state index is 11.4. The number of aromatic nitrogens is 1. The maximum absolute atomic E-state index is 11.4. The molecule has 3 aromatic carbocycles. The average Bonchev–Trinajstić information content (AvgIpc) is 3.31. The standard InChI is InChI=1S/C28H29N3O4/c29-28(33)25-14-23-24(30-25)12-7-13-26(23)35-18-21(32)17-34-22-15-31(16-22)27(19-8-3-1-4-9-19)20-10-5-2-6-11-20/h1-14,21-22,27,30,32H,15-18H2,(H2,29,33)/t21-/m0/s1. The minimum atomic E-state index is -0.770. The second-order valence-electron chi connectivity index (χ2n) is 8.86. The molecule has 180 valence electrons. The van der Waals surface area contributed by atoms with Crippen LogP contribution in [0.3, 0.4) is 0 Å². The SMILES string of the molecule is NC(=O)c1cc2c(OC[C@@H](O)COC3CN(C(c4ccccc4)c4ccccc4)C3)cccc2[nH]1. The second kappa shape index (κ2) is 10.3. The molecule has 2 heterocycles. The van der Waals surface area contributed by atoms with Crippen molar-refractivity contribution in [2.75, 3.05) is 26.3 Å². The van der Waals surface area contributed by atoms with Crippen LogP contribution in [0.25, 0.3) is 10.9 Å². The van der Waals surface area contributed by atoms with Crippen LogP contribution in [0, 0.1) is 0 Å². The van der Waals surface area contributed by atoms with E-state index in [2.05, 4.69) is 58.4 Å². The van der Waals surface area contributed by atoms with Gasteiger partial charge in [-0.3, -0.25) is 9.69 Å². The van der Waals surface area contributed by atoms with Gasteiger partial charge in [0.15, 0.2) is 0 Å². The van der Waals surface area contributed by atoms with Crippen LogP contribution >= 0.6 is 0 Å². The maximum Gasteiger partial charge on any atom is 0.265 e. The van der Waals surface area contributed by atoms with Gasteiger partial charge in [0.25, 0.3) is 5.91 Å². The number of aliphatic hydroxyl groups is 1. The fraction of sp³-hybridized carbons (Fsp3) is 0.250. The van der Waals surface area contributed by atoms with Crippen molar-refractivity contribution < 1.29 is 19.4 Å². The lowest BCUT2D eigenvalue weighted by Crippen LogP contribution is -2.54. The van der Waals surface area contributed by atoms with Crippen LogP contribution in [-0.4, -0.2) is 59.4 Å². The minimum Gasteiger partial charge on any atom is -0.490 e. The quantitative estimate of drug-likeness (QED) is 0.329. The number of hydrogen-bond donors (Lipinski definition) is 3. The third kappa shape index (κ3) is 5.22. The van der Waals surface area contributed by atoms with Gasteiger partial charge in [-0.25, -0.2) is 0 Å². The van der Waals surface area contributed by atoms with Crippen LogP contribution in [0.1, 0.15) is 27.7 Å². The number of H-pyrrole nitrogens is 1. The van der Waals surface area contributed by atoms with Gasteiger partial charge in [-0.05, 0) is 29.3 Å². The van der Waals surface area contributed by atoms with E-state index in [1.807, 2.05) is 24.3 Å². The number of aliphatic hydroxyl groups excluding tert-OH is 1. The highest BCUT2D eigenvalue weighted by atomic mass is 16.5. The van der Waals surface area contributed by atoms with E-state index in [-0.39, 0.29) is 25.4 Å². The molecule has 4 aromatic rings. The van der Waals surface area contributed by atoms with Crippen molar-refractivity contribution in [2.45, 2.75) is 18.2 Å². The van der Waals surface area contributed by atoms with E-state index in [1.165, 1.54) is 11.1 Å². The molecule has 7 nitrogen and oxygen atoms in total. The summed E-state index contributed by atoms with van der Waals surface area (Å²) in [5.74, 6) is 0.0468. The Morgan fingerprint density at radius 1 is 0.971 bits per heavy atom. The van der Waals surface area contributed by atoms with Gasteiger partial charge in [-0.1, -0.05) is 66.7 Å². The van der Waals surface area contributed by atoms with Crippen LogP contribution < -0.4 is 10.5 Å². The number of aromatic amines is 1. The van der Waals surface area contributed by atoms with E-state index in [9.17, 15) is 9.90 Å². The molecule has 1 aromatic heterocycles. The van der Waals surface area contributed by atoms with E-state index in [0.717, 1.165) is 24.0 Å². The van der Waals surface area contributed by atoms with Crippen LogP contribution in [0.15, 0.2) is 84.9 Å². The molecule has 35 heavy (non-hydrogen) atoms. The van der Waals surface area contributed by atoms with E-state index in [0.29, 0.717) is 11.4 Å². The molecule has 0 unspecified atom stereocenters. The molecule has 0 radical (unpaired) electrons. The largest absolute Gasteiger partial charge is 0.490 e. The molecular weight excluding hydrogens is 442 g/mol. The van der Waals surface area contributed by atoms with Crippen molar-refractivity contribution >= 4 is 16.8 Å². The molecule has 1 atom stereocenters. The van der Waals surface area contributed by atoms with Crippen molar-refractivity contribution in [3.8, 4) is 5.75 Å². The minimum absolute atomic E-state index is 0.0609. The zero-order valence-corrected chi connectivity index (χ0v) is 19.3. The number of nitrogens with two attached hydrogens (primary N) is 1. The first-order valence-corrected chi connectivity index (χ1v) is 11.8. The summed E-state index contributed by atoms with van der Waals surface area (Å²) in [6.07, 6.45) is -0.710. The summed E-state index contributed by atoms with van der Waals surface area (Å²) >= 11 is 0. The fourth-order valence-corrected chi connectivity index (χ4v) is 4.54. The zero-order chi connectivity index (χ0) is 24.2.